The number of ether oxygens (including phenoxy) is 3. The van der Waals surface area contributed by atoms with Gasteiger partial charge >= 0.3 is 5.97 Å². The van der Waals surface area contributed by atoms with E-state index in [0.717, 1.165) is 11.1 Å². The van der Waals surface area contributed by atoms with E-state index >= 15 is 0 Å². The maximum atomic E-state index is 12.3. The predicted molar refractivity (Wildman–Crippen MR) is 112 cm³/mol. The number of carbonyl (C=O) groups excluding carboxylic acids is 3. The lowest BCUT2D eigenvalue weighted by Crippen LogP contribution is -2.12. The second-order valence-electron chi connectivity index (χ2n) is 6.53. The third-order valence-electron chi connectivity index (χ3n) is 4.38. The van der Waals surface area contributed by atoms with Gasteiger partial charge in [0.1, 0.15) is 0 Å². The number of carbonyl (C=O) groups is 3. The van der Waals surface area contributed by atoms with E-state index in [-0.39, 0.29) is 24.7 Å². The van der Waals surface area contributed by atoms with Gasteiger partial charge in [0.25, 0.3) is 0 Å². The molecule has 7 nitrogen and oxygen atoms in total. The first-order valence-corrected chi connectivity index (χ1v) is 9.70. The van der Waals surface area contributed by atoms with Crippen LogP contribution in [0.1, 0.15) is 35.3 Å². The molecule has 0 atom stereocenters. The third kappa shape index (κ3) is 5.26. The summed E-state index contributed by atoms with van der Waals surface area (Å²) in [5, 5.41) is 2.71. The van der Waals surface area contributed by atoms with Crippen molar-refractivity contribution in [1.82, 2.24) is 0 Å². The number of nitrogens with one attached hydrogen (secondary N) is 1. The molecule has 3 rings (SSSR count). The monoisotopic (exact) mass is 409 g/mol. The van der Waals surface area contributed by atoms with Crippen LogP contribution in [0.25, 0.3) is 6.08 Å². The van der Waals surface area contributed by atoms with E-state index in [9.17, 15) is 14.4 Å². The van der Waals surface area contributed by atoms with E-state index in [0.29, 0.717) is 36.0 Å². The maximum Gasteiger partial charge on any atom is 0.331 e. The van der Waals surface area contributed by atoms with Gasteiger partial charge in [-0.05, 0) is 61.4 Å². The highest BCUT2D eigenvalue weighted by Gasteiger charge is 2.19. The van der Waals surface area contributed by atoms with Crippen LogP contribution in [0.4, 0.5) is 5.69 Å². The third-order valence-corrected chi connectivity index (χ3v) is 4.38. The van der Waals surface area contributed by atoms with Crippen molar-refractivity contribution in [3.63, 3.8) is 0 Å². The van der Waals surface area contributed by atoms with E-state index in [1.807, 2.05) is 13.8 Å². The van der Waals surface area contributed by atoms with Gasteiger partial charge in [-0.25, -0.2) is 4.79 Å². The zero-order chi connectivity index (χ0) is 21.5. The number of ketones is 1. The molecule has 0 saturated heterocycles. The Balaban J connectivity index is 1.57. The first kappa shape index (κ1) is 21.1. The van der Waals surface area contributed by atoms with Crippen molar-refractivity contribution in [3.05, 3.63) is 59.2 Å². The van der Waals surface area contributed by atoms with E-state index < -0.39 is 5.97 Å². The number of Topliss-reactive ketones (excluding diaryl/α,β-unsaturated/α-hetero) is 1. The van der Waals surface area contributed by atoms with Gasteiger partial charge in [-0.1, -0.05) is 6.07 Å². The highest BCUT2D eigenvalue weighted by atomic mass is 16.5. The Hall–Kier alpha value is -3.61. The fourth-order valence-corrected chi connectivity index (χ4v) is 3.01. The minimum atomic E-state index is -0.631. The molecule has 1 aliphatic rings. The number of fused-ring (bicyclic) bond motifs is 1. The molecule has 0 fully saturated rings. The number of anilines is 1. The quantitative estimate of drug-likeness (QED) is 0.388. The van der Waals surface area contributed by atoms with Crippen molar-refractivity contribution in [2.75, 3.05) is 25.1 Å². The second-order valence-corrected chi connectivity index (χ2v) is 6.53. The van der Waals surface area contributed by atoms with Crippen LogP contribution in [0.3, 0.4) is 0 Å². The SMILES string of the molecule is CCOc1ccc(/C=C/C(=O)OCC(=O)c2ccc3c(c2)CC(=O)N3)cc1OCC. The molecule has 1 heterocycles. The van der Waals surface area contributed by atoms with Gasteiger partial charge in [0.2, 0.25) is 5.91 Å². The Morgan fingerprint density at radius 1 is 1.03 bits per heavy atom. The highest BCUT2D eigenvalue weighted by Crippen LogP contribution is 2.29. The molecule has 0 bridgehead atoms. The van der Waals surface area contributed by atoms with Crippen LogP contribution in [0, 0.1) is 0 Å². The van der Waals surface area contributed by atoms with E-state index in [1.165, 1.54) is 6.08 Å². The van der Waals surface area contributed by atoms with Crippen molar-refractivity contribution in [1.29, 1.82) is 0 Å². The summed E-state index contributed by atoms with van der Waals surface area (Å²) >= 11 is 0. The van der Waals surface area contributed by atoms with Gasteiger partial charge in [0.05, 0.1) is 19.6 Å². The molecular formula is C23H23NO6. The van der Waals surface area contributed by atoms with E-state index in [4.69, 9.17) is 14.2 Å². The van der Waals surface area contributed by atoms with E-state index in [2.05, 4.69) is 5.32 Å². The molecule has 0 radical (unpaired) electrons. The van der Waals surface area contributed by atoms with Crippen LogP contribution in [0.2, 0.25) is 0 Å². The zero-order valence-electron chi connectivity index (χ0n) is 16.9. The summed E-state index contributed by atoms with van der Waals surface area (Å²) in [7, 11) is 0. The number of amides is 1. The Labute approximate surface area is 174 Å². The van der Waals surface area contributed by atoms with Crippen molar-refractivity contribution >= 4 is 29.4 Å². The van der Waals surface area contributed by atoms with Gasteiger partial charge in [-0.15, -0.1) is 0 Å². The van der Waals surface area contributed by atoms with Crippen molar-refractivity contribution in [3.8, 4) is 11.5 Å². The molecule has 2 aromatic rings. The van der Waals surface area contributed by atoms with Crippen LogP contribution in [0.5, 0.6) is 11.5 Å². The Morgan fingerprint density at radius 2 is 1.80 bits per heavy atom. The Morgan fingerprint density at radius 3 is 2.57 bits per heavy atom. The summed E-state index contributed by atoms with van der Waals surface area (Å²) in [6, 6.07) is 10.3. The number of rotatable bonds is 9. The molecule has 2 aromatic carbocycles. The largest absolute Gasteiger partial charge is 0.490 e. The smallest absolute Gasteiger partial charge is 0.331 e. The lowest BCUT2D eigenvalue weighted by molar-refractivity contribution is -0.136. The molecule has 0 aliphatic carbocycles. The van der Waals surface area contributed by atoms with Gasteiger partial charge in [0.15, 0.2) is 23.9 Å². The molecule has 1 amide bonds. The average Bonchev–Trinajstić information content (AvgIpc) is 3.11. The molecule has 156 valence electrons. The fourth-order valence-electron chi connectivity index (χ4n) is 3.01. The maximum absolute atomic E-state index is 12.3. The lowest BCUT2D eigenvalue weighted by atomic mass is 10.1. The van der Waals surface area contributed by atoms with Gasteiger partial charge in [-0.3, -0.25) is 9.59 Å². The number of benzene rings is 2. The molecular weight excluding hydrogens is 386 g/mol. The van der Waals surface area contributed by atoms with Crippen molar-refractivity contribution in [2.45, 2.75) is 20.3 Å². The molecule has 30 heavy (non-hydrogen) atoms. The molecule has 0 unspecified atom stereocenters. The summed E-state index contributed by atoms with van der Waals surface area (Å²) in [5.41, 5.74) is 2.60. The summed E-state index contributed by atoms with van der Waals surface area (Å²) < 4.78 is 16.1. The minimum absolute atomic E-state index is 0.104. The van der Waals surface area contributed by atoms with Crippen LogP contribution in [0.15, 0.2) is 42.5 Å². The normalized spacial score (nSPS) is 12.4. The standard InChI is InChI=1S/C23H23NO6/c1-3-28-20-9-5-15(11-21(20)29-4-2)6-10-23(27)30-14-19(25)16-7-8-18-17(12-16)13-22(26)24-18/h5-12H,3-4,13-14H2,1-2H3,(H,24,26)/b10-6+. The minimum Gasteiger partial charge on any atom is -0.490 e. The molecule has 0 saturated carbocycles. The topological polar surface area (TPSA) is 90.9 Å². The summed E-state index contributed by atoms with van der Waals surface area (Å²) in [6.07, 6.45) is 3.08. The molecule has 0 aromatic heterocycles. The molecule has 0 spiro atoms. The Bertz CT molecular complexity index is 995. The zero-order valence-corrected chi connectivity index (χ0v) is 16.9. The molecule has 7 heteroatoms. The predicted octanol–water partition coefficient (Wildman–Crippen LogP) is 3.42. The average molecular weight is 409 g/mol. The van der Waals surface area contributed by atoms with Crippen molar-refractivity contribution in [2.24, 2.45) is 0 Å². The first-order valence-electron chi connectivity index (χ1n) is 9.70. The van der Waals surface area contributed by atoms with Crippen LogP contribution < -0.4 is 14.8 Å². The van der Waals surface area contributed by atoms with Gasteiger partial charge in [0, 0.05) is 17.3 Å². The lowest BCUT2D eigenvalue weighted by Gasteiger charge is -2.11. The first-order chi connectivity index (χ1) is 14.5. The van der Waals surface area contributed by atoms with Crippen molar-refractivity contribution < 1.29 is 28.6 Å². The Kier molecular flexibility index (Phi) is 6.85. The number of hydrogen-bond acceptors (Lipinski definition) is 6. The fraction of sp³-hybridized carbons (Fsp3) is 0.261. The molecule has 1 N–H and O–H groups in total. The van der Waals surface area contributed by atoms with Crippen LogP contribution in [-0.4, -0.2) is 37.5 Å². The highest BCUT2D eigenvalue weighted by molar-refractivity contribution is 6.03. The van der Waals surface area contributed by atoms with Crippen LogP contribution >= 0.6 is 0 Å². The van der Waals surface area contributed by atoms with Gasteiger partial charge < -0.3 is 19.5 Å². The number of esters is 1. The second kappa shape index (κ2) is 9.73. The summed E-state index contributed by atoms with van der Waals surface area (Å²) in [4.78, 5) is 35.7. The van der Waals surface area contributed by atoms with Gasteiger partial charge in [-0.2, -0.15) is 0 Å². The van der Waals surface area contributed by atoms with E-state index in [1.54, 1.807) is 42.5 Å². The summed E-state index contributed by atoms with van der Waals surface area (Å²) in [5.74, 6) is 0.158. The molecule has 1 aliphatic heterocycles. The summed E-state index contributed by atoms with van der Waals surface area (Å²) in [6.45, 7) is 4.40. The number of hydrogen-bond donors (Lipinski definition) is 1. The van der Waals surface area contributed by atoms with Crippen LogP contribution in [-0.2, 0) is 20.7 Å².